The molecule has 3 atom stereocenters. The Balaban J connectivity index is 1.67. The van der Waals surface area contributed by atoms with E-state index in [2.05, 4.69) is 19.2 Å². The van der Waals surface area contributed by atoms with E-state index in [0.717, 1.165) is 37.6 Å². The first-order valence-electron chi connectivity index (χ1n) is 8.59. The number of nitrogens with one attached hydrogen (secondary N) is 1. The lowest BCUT2D eigenvalue weighted by Gasteiger charge is -2.32. The van der Waals surface area contributed by atoms with Crippen molar-refractivity contribution in [3.05, 3.63) is 0 Å². The van der Waals surface area contributed by atoms with Gasteiger partial charge in [-0.15, -0.1) is 0 Å². The van der Waals surface area contributed by atoms with Crippen LogP contribution in [0.4, 0.5) is 0 Å². The van der Waals surface area contributed by atoms with Gasteiger partial charge in [0.1, 0.15) is 0 Å². The number of nitrogens with two attached hydrogens (primary N) is 1. The summed E-state index contributed by atoms with van der Waals surface area (Å²) in [5.41, 5.74) is 6.11. The van der Waals surface area contributed by atoms with Crippen LogP contribution in [0.2, 0.25) is 0 Å². The molecule has 2 aliphatic rings. The summed E-state index contributed by atoms with van der Waals surface area (Å²) in [7, 11) is 0. The Bertz CT molecular complexity index is 310. The van der Waals surface area contributed by atoms with Crippen LogP contribution < -0.4 is 11.1 Å². The molecule has 1 amide bonds. The maximum Gasteiger partial charge on any atom is 0.224 e. The minimum atomic E-state index is 0.0464. The summed E-state index contributed by atoms with van der Waals surface area (Å²) in [4.78, 5) is 12.3. The highest BCUT2D eigenvalue weighted by Crippen LogP contribution is 2.30. The quantitative estimate of drug-likeness (QED) is 0.831. The van der Waals surface area contributed by atoms with Crippen molar-refractivity contribution >= 4 is 5.91 Å². The molecule has 3 unspecified atom stereocenters. The topological polar surface area (TPSA) is 55.1 Å². The molecule has 0 aromatic rings. The zero-order valence-electron chi connectivity index (χ0n) is 13.2. The molecule has 0 aliphatic heterocycles. The van der Waals surface area contributed by atoms with Gasteiger partial charge in [0.25, 0.3) is 0 Å². The fourth-order valence-electron chi connectivity index (χ4n) is 3.85. The summed E-state index contributed by atoms with van der Waals surface area (Å²) < 4.78 is 0. The van der Waals surface area contributed by atoms with E-state index in [9.17, 15) is 4.79 Å². The molecule has 2 aliphatic carbocycles. The van der Waals surface area contributed by atoms with Crippen molar-refractivity contribution in [2.45, 2.75) is 71.3 Å². The smallest absolute Gasteiger partial charge is 0.224 e. The average molecular weight is 280 g/mol. The zero-order chi connectivity index (χ0) is 14.5. The third-order valence-corrected chi connectivity index (χ3v) is 5.49. The average Bonchev–Trinajstić information content (AvgIpc) is 2.43. The molecule has 3 N–H and O–H groups in total. The molecule has 3 nitrogen and oxygen atoms in total. The number of hydrogen-bond acceptors (Lipinski definition) is 2. The van der Waals surface area contributed by atoms with Gasteiger partial charge in [0.05, 0.1) is 5.92 Å². The van der Waals surface area contributed by atoms with E-state index in [1.165, 1.54) is 32.1 Å². The lowest BCUT2D eigenvalue weighted by Crippen LogP contribution is -2.45. The summed E-state index contributed by atoms with van der Waals surface area (Å²) in [6, 6.07) is 0.0710. The Morgan fingerprint density at radius 3 is 2.40 bits per heavy atom. The summed E-state index contributed by atoms with van der Waals surface area (Å²) in [5, 5.41) is 3.14. The highest BCUT2D eigenvalue weighted by atomic mass is 16.1. The van der Waals surface area contributed by atoms with Crippen molar-refractivity contribution in [2.24, 2.45) is 29.4 Å². The molecule has 2 saturated carbocycles. The van der Waals surface area contributed by atoms with Gasteiger partial charge in [-0.25, -0.2) is 0 Å². The van der Waals surface area contributed by atoms with Crippen LogP contribution >= 0.6 is 0 Å². The van der Waals surface area contributed by atoms with Gasteiger partial charge in [-0.3, -0.25) is 4.79 Å². The largest absolute Gasteiger partial charge is 0.356 e. The second kappa shape index (κ2) is 7.44. The second-order valence-corrected chi connectivity index (χ2v) is 7.39. The Hall–Kier alpha value is -0.570. The van der Waals surface area contributed by atoms with Crippen molar-refractivity contribution in [3.8, 4) is 0 Å². The van der Waals surface area contributed by atoms with Crippen LogP contribution in [0.25, 0.3) is 0 Å². The van der Waals surface area contributed by atoms with Gasteiger partial charge in [-0.05, 0) is 43.4 Å². The molecule has 20 heavy (non-hydrogen) atoms. The van der Waals surface area contributed by atoms with Gasteiger partial charge < -0.3 is 11.1 Å². The summed E-state index contributed by atoms with van der Waals surface area (Å²) >= 11 is 0. The van der Waals surface area contributed by atoms with Crippen molar-refractivity contribution in [1.82, 2.24) is 5.32 Å². The number of hydrogen-bond donors (Lipinski definition) is 2. The number of carbonyl (C=O) groups excluding carboxylic acids is 1. The fraction of sp³-hybridized carbons (Fsp3) is 0.941. The van der Waals surface area contributed by atoms with Crippen molar-refractivity contribution in [3.63, 3.8) is 0 Å². The Morgan fingerprint density at radius 2 is 1.70 bits per heavy atom. The zero-order valence-corrected chi connectivity index (χ0v) is 13.2. The fourth-order valence-corrected chi connectivity index (χ4v) is 3.85. The maximum absolute atomic E-state index is 12.3. The Morgan fingerprint density at radius 1 is 1.05 bits per heavy atom. The van der Waals surface area contributed by atoms with Crippen molar-refractivity contribution in [2.75, 3.05) is 6.54 Å². The number of rotatable bonds is 4. The van der Waals surface area contributed by atoms with Crippen LogP contribution in [0.15, 0.2) is 0 Å². The van der Waals surface area contributed by atoms with E-state index in [4.69, 9.17) is 5.73 Å². The predicted molar refractivity (Wildman–Crippen MR) is 83.2 cm³/mol. The SMILES string of the molecule is CC1CCC(CCNC(=O)C2CC(C)CCC2N)CC1. The standard InChI is InChI=1S/C17H32N2O/c1-12-3-6-14(7-4-12)9-10-19-17(20)15-11-13(2)5-8-16(15)18/h12-16H,3-11,18H2,1-2H3,(H,19,20). The molecule has 116 valence electrons. The molecular weight excluding hydrogens is 248 g/mol. The van der Waals surface area contributed by atoms with Crippen molar-refractivity contribution < 1.29 is 4.79 Å². The van der Waals surface area contributed by atoms with Crippen LogP contribution in [0, 0.1) is 23.7 Å². The van der Waals surface area contributed by atoms with Gasteiger partial charge >= 0.3 is 0 Å². The molecule has 0 aromatic heterocycles. The lowest BCUT2D eigenvalue weighted by atomic mass is 9.78. The van der Waals surface area contributed by atoms with Gasteiger partial charge in [-0.2, -0.15) is 0 Å². The molecule has 0 radical (unpaired) electrons. The van der Waals surface area contributed by atoms with E-state index in [0.29, 0.717) is 5.92 Å². The molecule has 3 heteroatoms. The first-order valence-corrected chi connectivity index (χ1v) is 8.59. The van der Waals surface area contributed by atoms with Gasteiger partial charge in [-0.1, -0.05) is 39.5 Å². The van der Waals surface area contributed by atoms with Crippen LogP contribution in [0.3, 0.4) is 0 Å². The van der Waals surface area contributed by atoms with Crippen molar-refractivity contribution in [1.29, 1.82) is 0 Å². The van der Waals surface area contributed by atoms with Crippen LogP contribution in [0.5, 0.6) is 0 Å². The molecular formula is C17H32N2O. The molecule has 2 fully saturated rings. The van der Waals surface area contributed by atoms with Gasteiger partial charge in [0.15, 0.2) is 0 Å². The highest BCUT2D eigenvalue weighted by Gasteiger charge is 2.31. The first-order chi connectivity index (χ1) is 9.56. The minimum absolute atomic E-state index is 0.0464. The second-order valence-electron chi connectivity index (χ2n) is 7.39. The summed E-state index contributed by atoms with van der Waals surface area (Å²) in [5.74, 6) is 2.62. The van der Waals surface area contributed by atoms with Crippen LogP contribution in [-0.2, 0) is 4.79 Å². The summed E-state index contributed by atoms with van der Waals surface area (Å²) in [6.45, 7) is 5.43. The van der Waals surface area contributed by atoms with E-state index >= 15 is 0 Å². The lowest BCUT2D eigenvalue weighted by molar-refractivity contribution is -0.127. The molecule has 2 rings (SSSR count). The van der Waals surface area contributed by atoms with Crippen LogP contribution in [-0.4, -0.2) is 18.5 Å². The first kappa shape index (κ1) is 15.8. The third-order valence-electron chi connectivity index (χ3n) is 5.49. The predicted octanol–water partition coefficient (Wildman–Crippen LogP) is 3.08. The number of carbonyl (C=O) groups is 1. The van der Waals surface area contributed by atoms with Gasteiger partial charge in [0.2, 0.25) is 5.91 Å². The Kier molecular flexibility index (Phi) is 5.88. The van der Waals surface area contributed by atoms with E-state index < -0.39 is 0 Å². The van der Waals surface area contributed by atoms with E-state index in [1.54, 1.807) is 0 Å². The number of amides is 1. The van der Waals surface area contributed by atoms with E-state index in [1.807, 2.05) is 0 Å². The monoisotopic (exact) mass is 280 g/mol. The normalized spacial score (nSPS) is 38.5. The maximum atomic E-state index is 12.3. The molecule has 0 heterocycles. The van der Waals surface area contributed by atoms with Crippen LogP contribution in [0.1, 0.15) is 65.2 Å². The Labute approximate surface area is 124 Å². The summed E-state index contributed by atoms with van der Waals surface area (Å²) in [6.07, 6.45) is 9.70. The highest BCUT2D eigenvalue weighted by molar-refractivity contribution is 5.79. The third kappa shape index (κ3) is 4.47. The van der Waals surface area contributed by atoms with E-state index in [-0.39, 0.29) is 17.9 Å². The van der Waals surface area contributed by atoms with Gasteiger partial charge in [0, 0.05) is 12.6 Å². The minimum Gasteiger partial charge on any atom is -0.356 e. The molecule has 0 spiro atoms. The molecule has 0 bridgehead atoms. The molecule has 0 saturated heterocycles. The molecule has 0 aromatic carbocycles.